The zero-order chi connectivity index (χ0) is 15.2. The van der Waals surface area contributed by atoms with Crippen LogP contribution < -0.4 is 0 Å². The predicted octanol–water partition coefficient (Wildman–Crippen LogP) is 3.80. The van der Waals surface area contributed by atoms with Gasteiger partial charge in [0.15, 0.2) is 0 Å². The maximum Gasteiger partial charge on any atom is 0.313 e. The third-order valence-corrected chi connectivity index (χ3v) is 6.09. The molecule has 1 heterocycles. The van der Waals surface area contributed by atoms with Gasteiger partial charge in [-0.3, -0.25) is 9.78 Å². The van der Waals surface area contributed by atoms with Crippen molar-refractivity contribution in [3.63, 3.8) is 0 Å². The molecule has 4 rings (SSSR count). The van der Waals surface area contributed by atoms with E-state index in [0.717, 1.165) is 12.0 Å². The van der Waals surface area contributed by atoms with Crippen molar-refractivity contribution >= 4 is 5.97 Å². The van der Waals surface area contributed by atoms with Gasteiger partial charge in [0.05, 0.1) is 5.92 Å². The lowest BCUT2D eigenvalue weighted by Crippen LogP contribution is -2.57. The Labute approximate surface area is 127 Å². The van der Waals surface area contributed by atoms with Crippen molar-refractivity contribution in [1.82, 2.24) is 4.98 Å². The summed E-state index contributed by atoms with van der Waals surface area (Å²) in [5.74, 6) is 1.53. The second-order valence-corrected chi connectivity index (χ2v) is 7.44. The minimum Gasteiger partial charge on any atom is -0.462 e. The van der Waals surface area contributed by atoms with E-state index in [0.29, 0.717) is 23.2 Å². The molecule has 3 aliphatic rings. The molecule has 0 radical (unpaired) electrons. The van der Waals surface area contributed by atoms with Gasteiger partial charge in [-0.2, -0.15) is 0 Å². The topological polar surface area (TPSA) is 39.2 Å². The van der Waals surface area contributed by atoms with Gasteiger partial charge in [0.1, 0.15) is 6.10 Å². The number of aromatic nitrogens is 1. The van der Waals surface area contributed by atoms with Crippen molar-refractivity contribution in [2.24, 2.45) is 23.2 Å². The van der Waals surface area contributed by atoms with Crippen LogP contribution in [-0.4, -0.2) is 17.1 Å². The predicted molar refractivity (Wildman–Crippen MR) is 81.7 cm³/mol. The summed E-state index contributed by atoms with van der Waals surface area (Å²) in [7, 11) is 0. The van der Waals surface area contributed by atoms with Crippen molar-refractivity contribution in [3.05, 3.63) is 30.1 Å². The van der Waals surface area contributed by atoms with Crippen molar-refractivity contribution in [2.45, 2.75) is 52.6 Å². The van der Waals surface area contributed by atoms with Gasteiger partial charge in [0.2, 0.25) is 0 Å². The molecule has 0 N–H and O–H groups in total. The van der Waals surface area contributed by atoms with Crippen LogP contribution in [0.2, 0.25) is 0 Å². The first kappa shape index (κ1) is 14.6. The lowest BCUT2D eigenvalue weighted by Gasteiger charge is -2.61. The SMILES string of the molecule is CC(C(=O)O[C@H]1C[C@H]2C[C@@H]([C@@H]1C)C2(C)C)c1cccnc1. The van der Waals surface area contributed by atoms with Crippen LogP contribution in [0.5, 0.6) is 0 Å². The fourth-order valence-corrected chi connectivity index (χ4v) is 4.28. The number of rotatable bonds is 3. The van der Waals surface area contributed by atoms with Crippen LogP contribution in [0.3, 0.4) is 0 Å². The highest BCUT2D eigenvalue weighted by Crippen LogP contribution is 2.61. The molecule has 3 saturated carbocycles. The monoisotopic (exact) mass is 287 g/mol. The van der Waals surface area contributed by atoms with E-state index in [4.69, 9.17) is 4.74 Å². The second kappa shape index (κ2) is 5.11. The molecule has 114 valence electrons. The molecule has 3 nitrogen and oxygen atoms in total. The highest BCUT2D eigenvalue weighted by molar-refractivity contribution is 5.77. The van der Waals surface area contributed by atoms with Crippen LogP contribution in [0.25, 0.3) is 0 Å². The van der Waals surface area contributed by atoms with E-state index in [-0.39, 0.29) is 18.0 Å². The Morgan fingerprint density at radius 1 is 1.43 bits per heavy atom. The molecule has 1 aromatic rings. The zero-order valence-electron chi connectivity index (χ0n) is 13.4. The number of esters is 1. The molecule has 1 unspecified atom stereocenters. The Hall–Kier alpha value is -1.38. The first-order chi connectivity index (χ1) is 9.91. The Bertz CT molecular complexity index is 525. The molecule has 0 aliphatic heterocycles. The van der Waals surface area contributed by atoms with E-state index in [1.807, 2.05) is 19.1 Å². The number of pyridine rings is 1. The first-order valence-electron chi connectivity index (χ1n) is 8.01. The third kappa shape index (κ3) is 2.37. The van der Waals surface area contributed by atoms with Crippen LogP contribution >= 0.6 is 0 Å². The summed E-state index contributed by atoms with van der Waals surface area (Å²) in [5, 5.41) is 0. The van der Waals surface area contributed by atoms with E-state index in [1.54, 1.807) is 12.4 Å². The fraction of sp³-hybridized carbons (Fsp3) is 0.667. The van der Waals surface area contributed by atoms with Gasteiger partial charge in [-0.05, 0) is 54.6 Å². The summed E-state index contributed by atoms with van der Waals surface area (Å²) in [6, 6.07) is 3.80. The molecule has 0 amide bonds. The van der Waals surface area contributed by atoms with E-state index >= 15 is 0 Å². The second-order valence-electron chi connectivity index (χ2n) is 7.44. The average Bonchev–Trinajstić information content (AvgIpc) is 2.48. The Morgan fingerprint density at radius 2 is 2.19 bits per heavy atom. The largest absolute Gasteiger partial charge is 0.462 e. The van der Waals surface area contributed by atoms with Crippen molar-refractivity contribution < 1.29 is 9.53 Å². The smallest absolute Gasteiger partial charge is 0.313 e. The van der Waals surface area contributed by atoms with E-state index in [1.165, 1.54) is 6.42 Å². The van der Waals surface area contributed by atoms with Gasteiger partial charge in [-0.25, -0.2) is 0 Å². The average molecular weight is 287 g/mol. The quantitative estimate of drug-likeness (QED) is 0.794. The Balaban J connectivity index is 1.64. The highest BCUT2D eigenvalue weighted by atomic mass is 16.5. The molecule has 3 aliphatic carbocycles. The van der Waals surface area contributed by atoms with Gasteiger partial charge in [-0.15, -0.1) is 0 Å². The van der Waals surface area contributed by atoms with Gasteiger partial charge in [0, 0.05) is 12.4 Å². The summed E-state index contributed by atoms with van der Waals surface area (Å²) in [4.78, 5) is 16.5. The van der Waals surface area contributed by atoms with Crippen LogP contribution in [0, 0.1) is 23.2 Å². The van der Waals surface area contributed by atoms with E-state index in [9.17, 15) is 4.79 Å². The van der Waals surface area contributed by atoms with E-state index < -0.39 is 0 Å². The summed E-state index contributed by atoms with van der Waals surface area (Å²) in [6.45, 7) is 8.86. The number of fused-ring (bicyclic) bond motifs is 2. The number of ether oxygens (including phenoxy) is 1. The summed E-state index contributed by atoms with van der Waals surface area (Å²) >= 11 is 0. The maximum absolute atomic E-state index is 12.4. The standard InChI is InChI=1S/C18H25NO2/c1-11(13-6-5-7-19-10-13)17(20)21-16-9-14-8-15(12(16)2)18(14,3)4/h5-7,10-12,14-16H,8-9H2,1-4H3/t11?,12-,14+,15-,16-/m0/s1. The summed E-state index contributed by atoms with van der Waals surface area (Å²) in [6.07, 6.45) is 5.89. The Morgan fingerprint density at radius 3 is 2.76 bits per heavy atom. The number of hydrogen-bond acceptors (Lipinski definition) is 3. The van der Waals surface area contributed by atoms with Gasteiger partial charge in [-0.1, -0.05) is 26.8 Å². The molecule has 5 atom stereocenters. The first-order valence-corrected chi connectivity index (χ1v) is 8.01. The van der Waals surface area contributed by atoms with Crippen LogP contribution in [0.15, 0.2) is 24.5 Å². The van der Waals surface area contributed by atoms with Gasteiger partial charge < -0.3 is 4.74 Å². The molecular weight excluding hydrogens is 262 g/mol. The van der Waals surface area contributed by atoms with E-state index in [2.05, 4.69) is 25.8 Å². The molecule has 3 heteroatoms. The summed E-state index contributed by atoms with van der Waals surface area (Å²) in [5.41, 5.74) is 1.36. The normalized spacial score (nSPS) is 34.7. The number of carbonyl (C=O) groups excluding carboxylic acids is 1. The fourth-order valence-electron chi connectivity index (χ4n) is 4.28. The minimum atomic E-state index is -0.239. The summed E-state index contributed by atoms with van der Waals surface area (Å²) < 4.78 is 5.85. The Kier molecular flexibility index (Phi) is 3.54. The van der Waals surface area contributed by atoms with Crippen molar-refractivity contribution in [1.29, 1.82) is 0 Å². The maximum atomic E-state index is 12.4. The lowest BCUT2D eigenvalue weighted by atomic mass is 9.45. The van der Waals surface area contributed by atoms with Gasteiger partial charge in [0.25, 0.3) is 0 Å². The molecule has 0 aromatic carbocycles. The van der Waals surface area contributed by atoms with Crippen molar-refractivity contribution in [3.8, 4) is 0 Å². The molecule has 3 fully saturated rings. The molecule has 1 aromatic heterocycles. The number of nitrogens with zero attached hydrogens (tertiary/aromatic N) is 1. The molecule has 2 bridgehead atoms. The number of hydrogen-bond donors (Lipinski definition) is 0. The van der Waals surface area contributed by atoms with Gasteiger partial charge >= 0.3 is 5.97 Å². The molecule has 0 spiro atoms. The molecular formula is C18H25NO2. The highest BCUT2D eigenvalue weighted by Gasteiger charge is 2.57. The van der Waals surface area contributed by atoms with Crippen LogP contribution in [0.4, 0.5) is 0 Å². The van der Waals surface area contributed by atoms with Crippen molar-refractivity contribution in [2.75, 3.05) is 0 Å². The lowest BCUT2D eigenvalue weighted by molar-refractivity contribution is -0.187. The molecule has 0 saturated heterocycles. The third-order valence-electron chi connectivity index (χ3n) is 6.09. The zero-order valence-corrected chi connectivity index (χ0v) is 13.4. The van der Waals surface area contributed by atoms with Crippen LogP contribution in [-0.2, 0) is 9.53 Å². The number of carbonyl (C=O) groups is 1. The molecule has 21 heavy (non-hydrogen) atoms. The minimum absolute atomic E-state index is 0.0911. The van der Waals surface area contributed by atoms with Crippen LogP contribution in [0.1, 0.15) is 52.0 Å².